The minimum absolute atomic E-state index is 0.0103. The number of amides is 3. The Hall–Kier alpha value is -1.85. The van der Waals surface area contributed by atoms with Gasteiger partial charge in [0.25, 0.3) is 5.91 Å². The van der Waals surface area contributed by atoms with Crippen molar-refractivity contribution in [1.82, 2.24) is 10.2 Å². The molecule has 0 saturated carbocycles. The van der Waals surface area contributed by atoms with Crippen molar-refractivity contribution in [2.75, 3.05) is 6.54 Å². The van der Waals surface area contributed by atoms with Crippen LogP contribution in [0.2, 0.25) is 0 Å². The van der Waals surface area contributed by atoms with Gasteiger partial charge in [-0.1, -0.05) is 13.0 Å². The van der Waals surface area contributed by atoms with E-state index < -0.39 is 17.5 Å². The zero-order valence-electron chi connectivity index (χ0n) is 10.1. The molecule has 0 bridgehead atoms. The SMILES string of the molecule is CCC(=CCN1C(=O)NC(C)(C)C1=O)C(=O)O. The molecule has 0 spiro atoms. The van der Waals surface area contributed by atoms with Crippen molar-refractivity contribution >= 4 is 17.9 Å². The predicted molar refractivity (Wildman–Crippen MR) is 60.3 cm³/mol. The van der Waals surface area contributed by atoms with Crippen LogP contribution in [0.5, 0.6) is 0 Å². The van der Waals surface area contributed by atoms with Gasteiger partial charge in [-0.3, -0.25) is 9.69 Å². The van der Waals surface area contributed by atoms with E-state index in [-0.39, 0.29) is 18.0 Å². The van der Waals surface area contributed by atoms with E-state index in [0.717, 1.165) is 4.90 Å². The maximum Gasteiger partial charge on any atom is 0.331 e. The first kappa shape index (κ1) is 13.2. The molecule has 1 aliphatic heterocycles. The van der Waals surface area contributed by atoms with Crippen LogP contribution in [0.4, 0.5) is 4.79 Å². The van der Waals surface area contributed by atoms with Gasteiger partial charge in [0, 0.05) is 12.1 Å². The van der Waals surface area contributed by atoms with E-state index in [1.165, 1.54) is 6.08 Å². The quantitative estimate of drug-likeness (QED) is 0.560. The number of nitrogens with zero attached hydrogens (tertiary/aromatic N) is 1. The molecule has 0 unspecified atom stereocenters. The van der Waals surface area contributed by atoms with Gasteiger partial charge >= 0.3 is 12.0 Å². The Bertz CT molecular complexity index is 398. The average molecular weight is 240 g/mol. The van der Waals surface area contributed by atoms with Gasteiger partial charge in [-0.15, -0.1) is 0 Å². The summed E-state index contributed by atoms with van der Waals surface area (Å²) in [5.74, 6) is -1.38. The minimum atomic E-state index is -1.03. The summed E-state index contributed by atoms with van der Waals surface area (Å²) in [5, 5.41) is 11.3. The third-order valence-electron chi connectivity index (χ3n) is 2.62. The molecule has 0 atom stereocenters. The normalized spacial score (nSPS) is 19.5. The van der Waals surface area contributed by atoms with Gasteiger partial charge in [-0.05, 0) is 20.3 Å². The first-order valence-corrected chi connectivity index (χ1v) is 5.36. The molecular formula is C11H16N2O4. The topological polar surface area (TPSA) is 86.7 Å². The summed E-state index contributed by atoms with van der Waals surface area (Å²) in [6, 6.07) is -0.489. The van der Waals surface area contributed by atoms with Crippen LogP contribution in [0.1, 0.15) is 27.2 Å². The molecule has 2 N–H and O–H groups in total. The monoisotopic (exact) mass is 240 g/mol. The largest absolute Gasteiger partial charge is 0.478 e. The Labute approximate surface area is 99.3 Å². The standard InChI is InChI=1S/C11H16N2O4/c1-4-7(8(14)15)5-6-13-9(16)11(2,3)12-10(13)17/h5H,4,6H2,1-3H3,(H,12,17)(H,14,15). The highest BCUT2D eigenvalue weighted by molar-refractivity contribution is 6.06. The van der Waals surface area contributed by atoms with Crippen LogP contribution in [0.3, 0.4) is 0 Å². The number of rotatable bonds is 4. The molecule has 6 nitrogen and oxygen atoms in total. The first-order chi connectivity index (χ1) is 7.79. The lowest BCUT2D eigenvalue weighted by molar-refractivity contribution is -0.133. The molecule has 1 rings (SSSR count). The second kappa shape index (κ2) is 4.57. The molecule has 1 fully saturated rings. The van der Waals surface area contributed by atoms with Crippen molar-refractivity contribution in [2.45, 2.75) is 32.7 Å². The van der Waals surface area contributed by atoms with Gasteiger partial charge in [-0.25, -0.2) is 9.59 Å². The zero-order valence-corrected chi connectivity index (χ0v) is 10.1. The molecular weight excluding hydrogens is 224 g/mol. The third-order valence-corrected chi connectivity index (χ3v) is 2.62. The fourth-order valence-electron chi connectivity index (χ4n) is 1.57. The minimum Gasteiger partial charge on any atom is -0.478 e. The fraction of sp³-hybridized carbons (Fsp3) is 0.545. The molecule has 1 saturated heterocycles. The van der Waals surface area contributed by atoms with Crippen LogP contribution in [-0.4, -0.2) is 40.0 Å². The van der Waals surface area contributed by atoms with E-state index in [0.29, 0.717) is 6.42 Å². The molecule has 0 aliphatic carbocycles. The average Bonchev–Trinajstić information content (AvgIpc) is 2.39. The summed E-state index contributed by atoms with van der Waals surface area (Å²) in [7, 11) is 0. The van der Waals surface area contributed by atoms with Crippen LogP contribution in [0, 0.1) is 0 Å². The Balaban J connectivity index is 2.80. The number of urea groups is 1. The highest BCUT2D eigenvalue weighted by Gasteiger charge is 2.43. The van der Waals surface area contributed by atoms with Crippen molar-refractivity contribution in [3.63, 3.8) is 0 Å². The van der Waals surface area contributed by atoms with Gasteiger partial charge in [0.05, 0.1) is 0 Å². The smallest absolute Gasteiger partial charge is 0.331 e. The zero-order chi connectivity index (χ0) is 13.2. The molecule has 3 amide bonds. The summed E-state index contributed by atoms with van der Waals surface area (Å²) >= 11 is 0. The Morgan fingerprint density at radius 2 is 2.06 bits per heavy atom. The number of nitrogens with one attached hydrogen (secondary N) is 1. The molecule has 0 aromatic rings. The van der Waals surface area contributed by atoms with Crippen LogP contribution in [0.15, 0.2) is 11.6 Å². The predicted octanol–water partition coefficient (Wildman–Crippen LogP) is 0.738. The molecule has 1 aliphatic rings. The van der Waals surface area contributed by atoms with E-state index in [9.17, 15) is 14.4 Å². The second-order valence-electron chi connectivity index (χ2n) is 4.36. The molecule has 0 aromatic heterocycles. The number of aliphatic carboxylic acids is 1. The van der Waals surface area contributed by atoms with Crippen molar-refractivity contribution < 1.29 is 19.5 Å². The molecule has 0 radical (unpaired) electrons. The summed E-state index contributed by atoms with van der Waals surface area (Å²) in [6.45, 7) is 4.91. The summed E-state index contributed by atoms with van der Waals surface area (Å²) in [4.78, 5) is 35.0. The molecule has 1 heterocycles. The van der Waals surface area contributed by atoms with Crippen LogP contribution >= 0.6 is 0 Å². The van der Waals surface area contributed by atoms with Crippen LogP contribution < -0.4 is 5.32 Å². The van der Waals surface area contributed by atoms with E-state index in [4.69, 9.17) is 5.11 Å². The second-order valence-corrected chi connectivity index (χ2v) is 4.36. The summed E-state index contributed by atoms with van der Waals surface area (Å²) in [6.07, 6.45) is 1.74. The van der Waals surface area contributed by atoms with Crippen molar-refractivity contribution in [3.8, 4) is 0 Å². The Kier molecular flexibility index (Phi) is 3.55. The Morgan fingerprint density at radius 1 is 1.47 bits per heavy atom. The number of carbonyl (C=O) groups is 3. The highest BCUT2D eigenvalue weighted by Crippen LogP contribution is 2.16. The van der Waals surface area contributed by atoms with Crippen LogP contribution in [-0.2, 0) is 9.59 Å². The molecule has 94 valence electrons. The van der Waals surface area contributed by atoms with E-state index in [2.05, 4.69) is 5.32 Å². The molecule has 6 heteroatoms. The number of imide groups is 1. The summed E-state index contributed by atoms with van der Waals surface area (Å²) < 4.78 is 0. The van der Waals surface area contributed by atoms with Gasteiger partial charge in [-0.2, -0.15) is 0 Å². The van der Waals surface area contributed by atoms with Gasteiger partial charge in [0.15, 0.2) is 0 Å². The lowest BCUT2D eigenvalue weighted by Crippen LogP contribution is -2.40. The number of carboxylic acid groups (broad SMARTS) is 1. The summed E-state index contributed by atoms with van der Waals surface area (Å²) in [5.41, 5.74) is -0.726. The molecule has 0 aromatic carbocycles. The Morgan fingerprint density at radius 3 is 2.41 bits per heavy atom. The van der Waals surface area contributed by atoms with E-state index in [1.54, 1.807) is 20.8 Å². The number of carboxylic acids is 1. The fourth-order valence-corrected chi connectivity index (χ4v) is 1.57. The number of hydrogen-bond donors (Lipinski definition) is 2. The van der Waals surface area contributed by atoms with Gasteiger partial charge < -0.3 is 10.4 Å². The first-order valence-electron chi connectivity index (χ1n) is 5.36. The number of carbonyl (C=O) groups excluding carboxylic acids is 2. The van der Waals surface area contributed by atoms with Crippen LogP contribution in [0.25, 0.3) is 0 Å². The van der Waals surface area contributed by atoms with E-state index >= 15 is 0 Å². The van der Waals surface area contributed by atoms with Crippen molar-refractivity contribution in [3.05, 3.63) is 11.6 Å². The molecule has 17 heavy (non-hydrogen) atoms. The number of hydrogen-bond acceptors (Lipinski definition) is 3. The van der Waals surface area contributed by atoms with Crippen molar-refractivity contribution in [1.29, 1.82) is 0 Å². The maximum atomic E-state index is 11.8. The van der Waals surface area contributed by atoms with Crippen molar-refractivity contribution in [2.24, 2.45) is 0 Å². The maximum absolute atomic E-state index is 11.8. The third kappa shape index (κ3) is 2.64. The van der Waals surface area contributed by atoms with E-state index in [1.807, 2.05) is 0 Å². The van der Waals surface area contributed by atoms with Gasteiger partial charge in [0.2, 0.25) is 0 Å². The lowest BCUT2D eigenvalue weighted by Gasteiger charge is -2.14. The lowest BCUT2D eigenvalue weighted by atomic mass is 10.1. The highest BCUT2D eigenvalue weighted by atomic mass is 16.4. The van der Waals surface area contributed by atoms with Gasteiger partial charge in [0.1, 0.15) is 5.54 Å².